The average molecular weight is 316 g/mol. The maximum atomic E-state index is 10.2. The van der Waals surface area contributed by atoms with E-state index in [0.717, 1.165) is 18.9 Å². The molecule has 1 aliphatic heterocycles. The normalized spacial score (nSPS) is 27.4. The zero-order chi connectivity index (χ0) is 16.1. The number of likely N-dealkylation sites (tertiary alicyclic amines) is 1. The quantitative estimate of drug-likeness (QED) is 0.904. The van der Waals surface area contributed by atoms with Crippen LogP contribution < -0.4 is 0 Å². The van der Waals surface area contributed by atoms with E-state index < -0.39 is 0 Å². The van der Waals surface area contributed by atoms with Crippen molar-refractivity contribution in [3.8, 4) is 0 Å². The Hall–Kier alpha value is -0.900. The summed E-state index contributed by atoms with van der Waals surface area (Å²) in [5.74, 6) is 0.806. The average Bonchev–Trinajstić information content (AvgIpc) is 2.57. The predicted molar refractivity (Wildman–Crippen MR) is 95.3 cm³/mol. The van der Waals surface area contributed by atoms with Gasteiger partial charge in [-0.2, -0.15) is 0 Å². The van der Waals surface area contributed by atoms with Gasteiger partial charge in [-0.15, -0.1) is 0 Å². The molecule has 3 rings (SSSR count). The minimum absolute atomic E-state index is 0.0824. The fourth-order valence-electron chi connectivity index (χ4n) is 4.39. The van der Waals surface area contributed by atoms with Gasteiger partial charge in [-0.3, -0.25) is 4.90 Å². The molecule has 0 amide bonds. The van der Waals surface area contributed by atoms with E-state index in [0.29, 0.717) is 6.04 Å². The molecule has 2 aliphatic rings. The summed E-state index contributed by atoms with van der Waals surface area (Å²) in [6.45, 7) is 4.58. The van der Waals surface area contributed by atoms with Gasteiger partial charge in [0, 0.05) is 19.1 Å². The Morgan fingerprint density at radius 1 is 1.04 bits per heavy atom. The van der Waals surface area contributed by atoms with E-state index in [1.54, 1.807) is 0 Å². The highest BCUT2D eigenvalue weighted by atomic mass is 16.3. The van der Waals surface area contributed by atoms with Gasteiger partial charge in [0.1, 0.15) is 0 Å². The Morgan fingerprint density at radius 3 is 2.43 bits per heavy atom. The summed E-state index contributed by atoms with van der Waals surface area (Å²) in [4.78, 5) is 5.03. The summed E-state index contributed by atoms with van der Waals surface area (Å²) >= 11 is 0. The van der Waals surface area contributed by atoms with Crippen LogP contribution in [0.15, 0.2) is 30.3 Å². The van der Waals surface area contributed by atoms with Gasteiger partial charge >= 0.3 is 0 Å². The molecule has 2 unspecified atom stereocenters. The first-order valence-corrected chi connectivity index (χ1v) is 9.37. The summed E-state index contributed by atoms with van der Waals surface area (Å²) in [7, 11) is 2.24. The topological polar surface area (TPSA) is 26.7 Å². The molecule has 2 atom stereocenters. The molecule has 0 spiro atoms. The molecule has 0 bridgehead atoms. The van der Waals surface area contributed by atoms with Crippen LogP contribution in [0.2, 0.25) is 0 Å². The second-order valence-corrected chi connectivity index (χ2v) is 7.58. The third-order valence-electron chi connectivity index (χ3n) is 5.68. The Labute approximate surface area is 141 Å². The van der Waals surface area contributed by atoms with Crippen molar-refractivity contribution in [2.75, 3.05) is 26.7 Å². The maximum Gasteiger partial charge on any atom is 0.0695 e. The van der Waals surface area contributed by atoms with E-state index in [-0.39, 0.29) is 6.10 Å². The third-order valence-corrected chi connectivity index (χ3v) is 5.68. The molecule has 1 saturated heterocycles. The molecule has 23 heavy (non-hydrogen) atoms. The summed E-state index contributed by atoms with van der Waals surface area (Å²) < 4.78 is 0. The van der Waals surface area contributed by atoms with Crippen LogP contribution in [0, 0.1) is 5.92 Å². The van der Waals surface area contributed by atoms with Crippen LogP contribution >= 0.6 is 0 Å². The van der Waals surface area contributed by atoms with Crippen molar-refractivity contribution < 1.29 is 5.11 Å². The largest absolute Gasteiger partial charge is 0.391 e. The first kappa shape index (κ1) is 16.9. The lowest BCUT2D eigenvalue weighted by molar-refractivity contribution is 0.00168. The Morgan fingerprint density at radius 2 is 1.74 bits per heavy atom. The lowest BCUT2D eigenvalue weighted by Crippen LogP contribution is -2.49. The lowest BCUT2D eigenvalue weighted by Gasteiger charge is -2.42. The molecule has 0 aromatic heterocycles. The van der Waals surface area contributed by atoms with E-state index in [9.17, 15) is 5.11 Å². The first-order chi connectivity index (χ1) is 11.2. The highest BCUT2D eigenvalue weighted by Gasteiger charge is 2.31. The monoisotopic (exact) mass is 316 g/mol. The molecular formula is C20H32N2O. The highest BCUT2D eigenvalue weighted by molar-refractivity contribution is 5.14. The third kappa shape index (κ3) is 4.79. The number of aliphatic hydroxyl groups excluding tert-OH is 1. The van der Waals surface area contributed by atoms with Crippen molar-refractivity contribution in [1.82, 2.24) is 9.80 Å². The molecule has 3 heteroatoms. The van der Waals surface area contributed by atoms with Crippen LogP contribution in [0.1, 0.15) is 44.1 Å². The van der Waals surface area contributed by atoms with Gasteiger partial charge < -0.3 is 10.0 Å². The molecule has 2 fully saturated rings. The van der Waals surface area contributed by atoms with E-state index in [4.69, 9.17) is 0 Å². The van der Waals surface area contributed by atoms with Gasteiger partial charge in [-0.1, -0.05) is 43.2 Å². The second-order valence-electron chi connectivity index (χ2n) is 7.58. The van der Waals surface area contributed by atoms with E-state index in [1.807, 2.05) is 0 Å². The zero-order valence-electron chi connectivity index (χ0n) is 14.5. The van der Waals surface area contributed by atoms with Crippen molar-refractivity contribution in [3.63, 3.8) is 0 Å². The first-order valence-electron chi connectivity index (χ1n) is 9.37. The lowest BCUT2D eigenvalue weighted by atomic mass is 9.88. The Kier molecular flexibility index (Phi) is 6.09. The van der Waals surface area contributed by atoms with Crippen molar-refractivity contribution in [2.24, 2.45) is 5.92 Å². The molecule has 1 heterocycles. The minimum Gasteiger partial charge on any atom is -0.391 e. The minimum atomic E-state index is -0.0824. The van der Waals surface area contributed by atoms with Crippen molar-refractivity contribution in [2.45, 2.75) is 57.2 Å². The van der Waals surface area contributed by atoms with Crippen LogP contribution in [0.25, 0.3) is 0 Å². The molecule has 1 aromatic carbocycles. The number of hydrogen-bond acceptors (Lipinski definition) is 3. The fourth-order valence-corrected chi connectivity index (χ4v) is 4.39. The molecule has 128 valence electrons. The molecule has 0 radical (unpaired) electrons. The molecular weight excluding hydrogens is 284 g/mol. The Bertz CT molecular complexity index is 456. The Balaban J connectivity index is 1.42. The zero-order valence-corrected chi connectivity index (χ0v) is 14.5. The summed E-state index contributed by atoms with van der Waals surface area (Å²) in [5, 5.41) is 10.2. The predicted octanol–water partition coefficient (Wildman–Crippen LogP) is 3.13. The van der Waals surface area contributed by atoms with Crippen LogP contribution in [-0.4, -0.2) is 53.7 Å². The summed E-state index contributed by atoms with van der Waals surface area (Å²) in [5.41, 5.74) is 1.40. The van der Waals surface area contributed by atoms with E-state index in [1.165, 1.54) is 57.3 Å². The number of nitrogens with zero attached hydrogens (tertiary/aromatic N) is 2. The maximum absolute atomic E-state index is 10.2. The standard InChI is InChI=1S/C20H32N2O/c1-21(15-17-7-3-2-4-8-17)16-18-11-13-22(14-12-18)19-9-5-6-10-20(19)23/h2-4,7-8,18-20,23H,5-6,9-16H2,1H3. The number of rotatable bonds is 5. The van der Waals surface area contributed by atoms with Crippen molar-refractivity contribution in [1.29, 1.82) is 0 Å². The molecule has 1 saturated carbocycles. The van der Waals surface area contributed by atoms with E-state index >= 15 is 0 Å². The number of aliphatic hydroxyl groups is 1. The number of piperidine rings is 1. The number of hydrogen-bond donors (Lipinski definition) is 1. The van der Waals surface area contributed by atoms with Crippen LogP contribution in [0.3, 0.4) is 0 Å². The van der Waals surface area contributed by atoms with Crippen molar-refractivity contribution in [3.05, 3.63) is 35.9 Å². The van der Waals surface area contributed by atoms with Gasteiger partial charge in [0.15, 0.2) is 0 Å². The fraction of sp³-hybridized carbons (Fsp3) is 0.700. The van der Waals surface area contributed by atoms with Crippen molar-refractivity contribution >= 4 is 0 Å². The summed E-state index contributed by atoms with van der Waals surface area (Å²) in [6.07, 6.45) is 7.18. The summed E-state index contributed by atoms with van der Waals surface area (Å²) in [6, 6.07) is 11.2. The van der Waals surface area contributed by atoms with Gasteiger partial charge in [-0.25, -0.2) is 0 Å². The SMILES string of the molecule is CN(Cc1ccccc1)CC1CCN(C2CCCCC2O)CC1. The van der Waals surface area contributed by atoms with Crippen LogP contribution in [0.5, 0.6) is 0 Å². The smallest absolute Gasteiger partial charge is 0.0695 e. The van der Waals surface area contributed by atoms with E-state index in [2.05, 4.69) is 47.2 Å². The van der Waals surface area contributed by atoms with Crippen LogP contribution in [0.4, 0.5) is 0 Å². The van der Waals surface area contributed by atoms with Gasteiger partial charge in [0.05, 0.1) is 6.10 Å². The van der Waals surface area contributed by atoms with Gasteiger partial charge in [-0.05, 0) is 57.3 Å². The number of benzene rings is 1. The highest BCUT2D eigenvalue weighted by Crippen LogP contribution is 2.27. The van der Waals surface area contributed by atoms with Crippen LogP contribution in [-0.2, 0) is 6.54 Å². The van der Waals surface area contributed by atoms with Gasteiger partial charge in [0.25, 0.3) is 0 Å². The molecule has 1 N–H and O–H groups in total. The molecule has 1 aromatic rings. The molecule has 1 aliphatic carbocycles. The second kappa shape index (κ2) is 8.27. The van der Waals surface area contributed by atoms with Gasteiger partial charge in [0.2, 0.25) is 0 Å². The molecule has 3 nitrogen and oxygen atoms in total.